The van der Waals surface area contributed by atoms with E-state index in [0.717, 1.165) is 13.0 Å². The van der Waals surface area contributed by atoms with E-state index in [-0.39, 0.29) is 0 Å². The van der Waals surface area contributed by atoms with Gasteiger partial charge in [-0.15, -0.1) is 0 Å². The molecule has 19 heavy (non-hydrogen) atoms. The minimum atomic E-state index is 0.355. The third kappa shape index (κ3) is 2.84. The van der Waals surface area contributed by atoms with E-state index in [9.17, 15) is 0 Å². The first-order valence-electron chi connectivity index (χ1n) is 6.93. The van der Waals surface area contributed by atoms with Gasteiger partial charge in [0, 0.05) is 19.0 Å². The molecule has 0 bridgehead atoms. The average Bonchev–Trinajstić information content (AvgIpc) is 3.08. The molecule has 3 rings (SSSR count). The Morgan fingerprint density at radius 1 is 1.32 bits per heavy atom. The Bertz CT molecular complexity index is 536. The van der Waals surface area contributed by atoms with Crippen LogP contribution in [0.25, 0.3) is 0 Å². The summed E-state index contributed by atoms with van der Waals surface area (Å²) in [6.07, 6.45) is 6.00. The van der Waals surface area contributed by atoms with Gasteiger partial charge in [0.2, 0.25) is 5.89 Å². The van der Waals surface area contributed by atoms with Gasteiger partial charge in [-0.25, -0.2) is 0 Å². The maximum absolute atomic E-state index is 4.98. The molecule has 0 aliphatic heterocycles. The number of nitrogens with zero attached hydrogens (tertiary/aromatic N) is 2. The summed E-state index contributed by atoms with van der Waals surface area (Å²) < 4.78 is 4.98. The van der Waals surface area contributed by atoms with E-state index in [2.05, 4.69) is 40.6 Å². The maximum atomic E-state index is 4.98. The molecule has 1 aliphatic carbocycles. The summed E-state index contributed by atoms with van der Waals surface area (Å²) in [7, 11) is 0. The fraction of sp³-hybridized carbons (Fsp3) is 0.467. The molecule has 0 fully saturated rings. The number of fused-ring (bicyclic) bond motifs is 1. The minimum Gasteiger partial charge on any atom is -0.340 e. The quantitative estimate of drug-likeness (QED) is 0.894. The monoisotopic (exact) mass is 257 g/mol. The molecule has 1 N–H and O–H groups in total. The Balaban J connectivity index is 1.56. The Labute approximate surface area is 113 Å². The van der Waals surface area contributed by atoms with Crippen LogP contribution in [0, 0.1) is 0 Å². The highest BCUT2D eigenvalue weighted by molar-refractivity contribution is 5.36. The lowest BCUT2D eigenvalue weighted by atomic mass is 10.0. The van der Waals surface area contributed by atoms with Crippen molar-refractivity contribution in [1.29, 1.82) is 0 Å². The van der Waals surface area contributed by atoms with Crippen LogP contribution in [0.2, 0.25) is 0 Å². The van der Waals surface area contributed by atoms with Gasteiger partial charge < -0.3 is 9.84 Å². The Hall–Kier alpha value is -1.68. The largest absolute Gasteiger partial charge is 0.340 e. The van der Waals surface area contributed by atoms with Gasteiger partial charge in [0.1, 0.15) is 0 Å². The summed E-state index contributed by atoms with van der Waals surface area (Å²) in [5.74, 6) is 0.689. The smallest absolute Gasteiger partial charge is 0.227 e. The topological polar surface area (TPSA) is 51.0 Å². The van der Waals surface area contributed by atoms with Crippen molar-refractivity contribution in [3.05, 3.63) is 47.1 Å². The second kappa shape index (κ2) is 5.53. The summed E-state index contributed by atoms with van der Waals surface area (Å²) in [6, 6.07) is 7.24. The van der Waals surface area contributed by atoms with Gasteiger partial charge in [0.05, 0.1) is 0 Å². The van der Waals surface area contributed by atoms with Crippen molar-refractivity contribution in [1.82, 2.24) is 15.5 Å². The summed E-state index contributed by atoms with van der Waals surface area (Å²) in [4.78, 5) is 4.02. The lowest BCUT2D eigenvalue weighted by Gasteiger charge is -2.15. The van der Waals surface area contributed by atoms with E-state index in [1.165, 1.54) is 42.3 Å². The summed E-state index contributed by atoms with van der Waals surface area (Å²) >= 11 is 0. The second-order valence-electron chi connectivity index (χ2n) is 5.14. The molecule has 0 saturated carbocycles. The zero-order valence-corrected chi connectivity index (χ0v) is 11.2. The molecule has 1 heterocycles. The molecule has 0 saturated heterocycles. The number of aryl methyl sites for hydroxylation is 2. The van der Waals surface area contributed by atoms with E-state index in [0.29, 0.717) is 11.9 Å². The summed E-state index contributed by atoms with van der Waals surface area (Å²) in [5, 5.41) is 7.10. The van der Waals surface area contributed by atoms with Crippen molar-refractivity contribution in [2.75, 3.05) is 6.54 Å². The number of rotatable bonds is 5. The van der Waals surface area contributed by atoms with Crippen molar-refractivity contribution in [2.24, 2.45) is 0 Å². The predicted octanol–water partition coefficient (Wildman–Crippen LogP) is 2.45. The fourth-order valence-corrected chi connectivity index (χ4v) is 2.68. The maximum Gasteiger partial charge on any atom is 0.227 e. The standard InChI is InChI=1S/C15H19N3O/c1-11(16-8-7-15-17-10-18-19-15)13-6-5-12-3-2-4-14(12)9-13/h5-6,9-11,16H,2-4,7-8H2,1H3. The molecule has 4 heteroatoms. The van der Waals surface area contributed by atoms with E-state index < -0.39 is 0 Å². The molecule has 0 spiro atoms. The molecule has 0 radical (unpaired) electrons. The van der Waals surface area contributed by atoms with Crippen LogP contribution in [0.5, 0.6) is 0 Å². The predicted molar refractivity (Wildman–Crippen MR) is 72.9 cm³/mol. The normalized spacial score (nSPS) is 15.4. The van der Waals surface area contributed by atoms with Crippen molar-refractivity contribution in [2.45, 2.75) is 38.6 Å². The van der Waals surface area contributed by atoms with E-state index in [1.807, 2.05) is 0 Å². The third-order valence-electron chi connectivity index (χ3n) is 3.82. The molecule has 0 amide bonds. The highest BCUT2D eigenvalue weighted by Crippen LogP contribution is 2.25. The minimum absolute atomic E-state index is 0.355. The molecule has 1 aromatic carbocycles. The SMILES string of the molecule is CC(NCCc1ncno1)c1ccc2c(c1)CCC2. The molecule has 4 nitrogen and oxygen atoms in total. The Morgan fingerprint density at radius 2 is 2.21 bits per heavy atom. The number of aromatic nitrogens is 2. The van der Waals surface area contributed by atoms with E-state index in [1.54, 1.807) is 0 Å². The number of nitrogens with one attached hydrogen (secondary N) is 1. The molecular weight excluding hydrogens is 238 g/mol. The number of benzene rings is 1. The fourth-order valence-electron chi connectivity index (χ4n) is 2.68. The Kier molecular flexibility index (Phi) is 3.60. The van der Waals surface area contributed by atoms with Crippen LogP contribution >= 0.6 is 0 Å². The van der Waals surface area contributed by atoms with Crippen molar-refractivity contribution < 1.29 is 4.52 Å². The first kappa shape index (κ1) is 12.4. The first-order valence-corrected chi connectivity index (χ1v) is 6.93. The van der Waals surface area contributed by atoms with Gasteiger partial charge in [-0.05, 0) is 42.9 Å². The van der Waals surface area contributed by atoms with Gasteiger partial charge in [0.25, 0.3) is 0 Å². The van der Waals surface area contributed by atoms with Crippen LogP contribution in [0.3, 0.4) is 0 Å². The van der Waals surface area contributed by atoms with Gasteiger partial charge in [0.15, 0.2) is 6.33 Å². The van der Waals surface area contributed by atoms with Gasteiger partial charge in [-0.1, -0.05) is 23.4 Å². The van der Waals surface area contributed by atoms with Crippen LogP contribution in [0.1, 0.15) is 42.0 Å². The molecule has 2 aromatic rings. The van der Waals surface area contributed by atoms with Crippen LogP contribution in [0.4, 0.5) is 0 Å². The zero-order chi connectivity index (χ0) is 13.1. The van der Waals surface area contributed by atoms with Crippen molar-refractivity contribution >= 4 is 0 Å². The van der Waals surface area contributed by atoms with Crippen molar-refractivity contribution in [3.63, 3.8) is 0 Å². The summed E-state index contributed by atoms with van der Waals surface area (Å²) in [5.41, 5.74) is 4.43. The highest BCUT2D eigenvalue weighted by Gasteiger charge is 2.13. The van der Waals surface area contributed by atoms with Crippen LogP contribution in [-0.2, 0) is 19.3 Å². The lowest BCUT2D eigenvalue weighted by molar-refractivity contribution is 0.372. The lowest BCUT2D eigenvalue weighted by Crippen LogP contribution is -2.21. The van der Waals surface area contributed by atoms with Gasteiger partial charge in [-0.3, -0.25) is 0 Å². The molecular formula is C15H19N3O. The van der Waals surface area contributed by atoms with E-state index in [4.69, 9.17) is 4.52 Å². The highest BCUT2D eigenvalue weighted by atomic mass is 16.5. The molecule has 100 valence electrons. The molecule has 1 aliphatic rings. The van der Waals surface area contributed by atoms with Crippen LogP contribution in [-0.4, -0.2) is 16.7 Å². The van der Waals surface area contributed by atoms with Crippen molar-refractivity contribution in [3.8, 4) is 0 Å². The molecule has 1 aromatic heterocycles. The first-order chi connectivity index (χ1) is 9.33. The Morgan fingerprint density at radius 3 is 3.05 bits per heavy atom. The number of hydrogen-bond acceptors (Lipinski definition) is 4. The molecule has 1 unspecified atom stereocenters. The van der Waals surface area contributed by atoms with Gasteiger partial charge in [-0.2, -0.15) is 4.98 Å². The van der Waals surface area contributed by atoms with E-state index >= 15 is 0 Å². The second-order valence-corrected chi connectivity index (χ2v) is 5.14. The van der Waals surface area contributed by atoms with Gasteiger partial charge >= 0.3 is 0 Å². The van der Waals surface area contributed by atoms with Crippen LogP contribution < -0.4 is 5.32 Å². The summed E-state index contributed by atoms with van der Waals surface area (Å²) in [6.45, 7) is 3.05. The van der Waals surface area contributed by atoms with Crippen LogP contribution in [0.15, 0.2) is 29.0 Å². The number of hydrogen-bond donors (Lipinski definition) is 1. The average molecular weight is 257 g/mol. The zero-order valence-electron chi connectivity index (χ0n) is 11.2. The molecule has 1 atom stereocenters. The third-order valence-corrected chi connectivity index (χ3v) is 3.82.